The van der Waals surface area contributed by atoms with Gasteiger partial charge in [-0.3, -0.25) is 14.5 Å². The summed E-state index contributed by atoms with van der Waals surface area (Å²) in [7, 11) is 0. The van der Waals surface area contributed by atoms with E-state index in [2.05, 4.69) is 10.6 Å². The summed E-state index contributed by atoms with van der Waals surface area (Å²) in [6.07, 6.45) is 3.38. The van der Waals surface area contributed by atoms with E-state index in [1.807, 2.05) is 6.92 Å². The number of nitrogens with one attached hydrogen (secondary N) is 2. The van der Waals surface area contributed by atoms with Crippen LogP contribution in [-0.2, 0) is 9.59 Å². The number of amides is 4. The van der Waals surface area contributed by atoms with E-state index in [9.17, 15) is 18.8 Å². The van der Waals surface area contributed by atoms with Crippen molar-refractivity contribution in [3.05, 3.63) is 30.1 Å². The van der Waals surface area contributed by atoms with Gasteiger partial charge in [0.2, 0.25) is 5.91 Å². The highest BCUT2D eigenvalue weighted by Crippen LogP contribution is 2.38. The normalized spacial score (nSPS) is 26.6. The molecule has 24 heavy (non-hydrogen) atoms. The predicted octanol–water partition coefficient (Wildman–Crippen LogP) is 2.26. The van der Waals surface area contributed by atoms with Gasteiger partial charge in [0.05, 0.1) is 0 Å². The molecule has 4 amide bonds. The van der Waals surface area contributed by atoms with E-state index in [4.69, 9.17) is 0 Å². The third-order valence-electron chi connectivity index (χ3n) is 4.91. The number of hydrogen-bond donors (Lipinski definition) is 2. The molecule has 1 aliphatic carbocycles. The molecule has 1 spiro atoms. The van der Waals surface area contributed by atoms with Crippen LogP contribution in [0, 0.1) is 11.7 Å². The summed E-state index contributed by atoms with van der Waals surface area (Å²) in [4.78, 5) is 38.0. The molecule has 6 nitrogen and oxygen atoms in total. The van der Waals surface area contributed by atoms with Gasteiger partial charge in [-0.25, -0.2) is 9.18 Å². The third kappa shape index (κ3) is 2.86. The molecule has 1 heterocycles. The number of benzene rings is 1. The number of carbonyl (C=O) groups is 3. The molecule has 1 saturated heterocycles. The van der Waals surface area contributed by atoms with Gasteiger partial charge >= 0.3 is 6.03 Å². The van der Waals surface area contributed by atoms with Gasteiger partial charge in [0.1, 0.15) is 17.9 Å². The van der Waals surface area contributed by atoms with Crippen molar-refractivity contribution >= 4 is 23.5 Å². The van der Waals surface area contributed by atoms with Crippen LogP contribution in [0.2, 0.25) is 0 Å². The number of rotatable bonds is 3. The van der Waals surface area contributed by atoms with Crippen LogP contribution in [0.3, 0.4) is 0 Å². The number of urea groups is 1. The second kappa shape index (κ2) is 6.22. The number of carbonyl (C=O) groups excluding carboxylic acids is 3. The standard InChI is InChI=1S/C17H20FN3O3/c1-11-5-2-3-8-17(11)15(23)21(16(24)20-17)10-14(22)19-13-7-4-6-12(18)9-13/h4,6-7,9,11H,2-3,5,8,10H2,1H3,(H,19,22)(H,20,24)/t11-,17+/m1/s1. The molecule has 0 bridgehead atoms. The number of imide groups is 1. The molecular weight excluding hydrogens is 313 g/mol. The van der Waals surface area contributed by atoms with Crippen LogP contribution in [0.25, 0.3) is 0 Å². The highest BCUT2D eigenvalue weighted by molar-refractivity contribution is 6.10. The Hall–Kier alpha value is -2.44. The number of nitrogens with zero attached hydrogens (tertiary/aromatic N) is 1. The van der Waals surface area contributed by atoms with Gasteiger partial charge in [-0.05, 0) is 37.0 Å². The Labute approximate surface area is 139 Å². The lowest BCUT2D eigenvalue weighted by Gasteiger charge is -2.36. The minimum atomic E-state index is -0.880. The lowest BCUT2D eigenvalue weighted by atomic mass is 9.73. The zero-order valence-electron chi connectivity index (χ0n) is 13.5. The molecule has 2 N–H and O–H groups in total. The Balaban J connectivity index is 1.70. The van der Waals surface area contributed by atoms with Crippen molar-refractivity contribution in [1.29, 1.82) is 0 Å². The minimum absolute atomic E-state index is 0.0407. The van der Waals surface area contributed by atoms with Crippen LogP contribution in [0.1, 0.15) is 32.6 Å². The summed E-state index contributed by atoms with van der Waals surface area (Å²) in [5, 5.41) is 5.30. The fourth-order valence-electron chi connectivity index (χ4n) is 3.55. The van der Waals surface area contributed by atoms with Crippen LogP contribution in [0.5, 0.6) is 0 Å². The lowest BCUT2D eigenvalue weighted by Crippen LogP contribution is -2.54. The van der Waals surface area contributed by atoms with E-state index in [-0.39, 0.29) is 24.1 Å². The minimum Gasteiger partial charge on any atom is -0.324 e. The van der Waals surface area contributed by atoms with E-state index < -0.39 is 23.3 Å². The van der Waals surface area contributed by atoms with Gasteiger partial charge in [-0.15, -0.1) is 0 Å². The number of halogens is 1. The zero-order valence-corrected chi connectivity index (χ0v) is 13.5. The fourth-order valence-corrected chi connectivity index (χ4v) is 3.55. The van der Waals surface area contributed by atoms with Crippen LogP contribution in [0.4, 0.5) is 14.9 Å². The SMILES string of the molecule is C[C@@H]1CCCC[C@]12NC(=O)N(CC(=O)Nc1cccc(F)c1)C2=O. The molecule has 1 aromatic carbocycles. The lowest BCUT2D eigenvalue weighted by molar-refractivity contribution is -0.136. The van der Waals surface area contributed by atoms with Crippen LogP contribution >= 0.6 is 0 Å². The van der Waals surface area contributed by atoms with Crippen LogP contribution in [0.15, 0.2) is 24.3 Å². The van der Waals surface area contributed by atoms with Crippen molar-refractivity contribution in [2.45, 2.75) is 38.1 Å². The molecule has 1 saturated carbocycles. The van der Waals surface area contributed by atoms with Crippen molar-refractivity contribution in [2.75, 3.05) is 11.9 Å². The average molecular weight is 333 g/mol. The summed E-state index contributed by atoms with van der Waals surface area (Å²) in [5.74, 6) is -1.31. The highest BCUT2D eigenvalue weighted by Gasteiger charge is 2.55. The van der Waals surface area contributed by atoms with Crippen molar-refractivity contribution < 1.29 is 18.8 Å². The molecule has 0 unspecified atom stereocenters. The fraction of sp³-hybridized carbons (Fsp3) is 0.471. The monoisotopic (exact) mass is 333 g/mol. The largest absolute Gasteiger partial charge is 0.325 e. The summed E-state index contributed by atoms with van der Waals surface area (Å²) in [6.45, 7) is 1.57. The maximum Gasteiger partial charge on any atom is 0.325 e. The molecule has 3 rings (SSSR count). The smallest absolute Gasteiger partial charge is 0.324 e. The van der Waals surface area contributed by atoms with E-state index in [0.717, 1.165) is 24.2 Å². The second-order valence-corrected chi connectivity index (χ2v) is 6.50. The molecule has 0 radical (unpaired) electrons. The van der Waals surface area contributed by atoms with Crippen molar-refractivity contribution in [3.8, 4) is 0 Å². The van der Waals surface area contributed by atoms with Crippen LogP contribution < -0.4 is 10.6 Å². The predicted molar refractivity (Wildman–Crippen MR) is 85.6 cm³/mol. The maximum absolute atomic E-state index is 13.1. The molecule has 2 fully saturated rings. The Kier molecular flexibility index (Phi) is 4.26. The Morgan fingerprint density at radius 3 is 2.92 bits per heavy atom. The Bertz CT molecular complexity index is 693. The maximum atomic E-state index is 13.1. The zero-order chi connectivity index (χ0) is 17.3. The first-order valence-electron chi connectivity index (χ1n) is 8.12. The molecular formula is C17H20FN3O3. The first kappa shape index (κ1) is 16.4. The first-order valence-corrected chi connectivity index (χ1v) is 8.12. The van der Waals surface area contributed by atoms with Gasteiger partial charge in [0.25, 0.3) is 5.91 Å². The van der Waals surface area contributed by atoms with E-state index in [1.165, 1.54) is 24.3 Å². The third-order valence-corrected chi connectivity index (χ3v) is 4.91. The summed E-state index contributed by atoms with van der Waals surface area (Å²) >= 11 is 0. The summed E-state index contributed by atoms with van der Waals surface area (Å²) < 4.78 is 13.1. The van der Waals surface area contributed by atoms with Crippen molar-refractivity contribution in [2.24, 2.45) is 5.92 Å². The Morgan fingerprint density at radius 1 is 1.42 bits per heavy atom. The van der Waals surface area contributed by atoms with Gasteiger partial charge in [0, 0.05) is 5.69 Å². The van der Waals surface area contributed by atoms with E-state index >= 15 is 0 Å². The summed E-state index contributed by atoms with van der Waals surface area (Å²) in [6, 6.07) is 4.91. The molecule has 1 aromatic rings. The number of hydrogen-bond acceptors (Lipinski definition) is 3. The topological polar surface area (TPSA) is 78.5 Å². The molecule has 7 heteroatoms. The van der Waals surface area contributed by atoms with Crippen LogP contribution in [-0.4, -0.2) is 34.8 Å². The van der Waals surface area contributed by atoms with Crippen molar-refractivity contribution in [3.63, 3.8) is 0 Å². The van der Waals surface area contributed by atoms with Gasteiger partial charge in [-0.2, -0.15) is 0 Å². The quantitative estimate of drug-likeness (QED) is 0.833. The molecule has 2 atom stereocenters. The van der Waals surface area contributed by atoms with E-state index in [0.29, 0.717) is 6.42 Å². The summed E-state index contributed by atoms with van der Waals surface area (Å²) in [5.41, 5.74) is -0.595. The molecule has 2 aliphatic rings. The second-order valence-electron chi connectivity index (χ2n) is 6.50. The van der Waals surface area contributed by atoms with Gasteiger partial charge in [0.15, 0.2) is 0 Å². The van der Waals surface area contributed by atoms with Gasteiger partial charge in [-0.1, -0.05) is 25.8 Å². The van der Waals surface area contributed by atoms with E-state index in [1.54, 1.807) is 0 Å². The average Bonchev–Trinajstić information content (AvgIpc) is 2.75. The molecule has 128 valence electrons. The Morgan fingerprint density at radius 2 is 2.21 bits per heavy atom. The van der Waals surface area contributed by atoms with Crippen molar-refractivity contribution in [1.82, 2.24) is 10.2 Å². The highest BCUT2D eigenvalue weighted by atomic mass is 19.1. The van der Waals surface area contributed by atoms with Gasteiger partial charge < -0.3 is 10.6 Å². The number of anilines is 1. The molecule has 1 aliphatic heterocycles. The molecule has 0 aromatic heterocycles. The first-order chi connectivity index (χ1) is 11.4.